The van der Waals surface area contributed by atoms with Crippen LogP contribution in [-0.2, 0) is 13.0 Å². The average molecular weight is 390 g/mol. The molecule has 2 aromatic rings. The summed E-state index contributed by atoms with van der Waals surface area (Å²) < 4.78 is 24.0. The first kappa shape index (κ1) is 20.5. The highest BCUT2D eigenvalue weighted by atomic mass is 19.1. The van der Waals surface area contributed by atoms with Gasteiger partial charge >= 0.3 is 0 Å². The highest BCUT2D eigenvalue weighted by Gasteiger charge is 2.42. The van der Waals surface area contributed by atoms with E-state index >= 15 is 0 Å². The summed E-state index contributed by atoms with van der Waals surface area (Å²) in [5, 5.41) is 20.9. The second-order valence-electron chi connectivity index (χ2n) is 7.33. The zero-order valence-electron chi connectivity index (χ0n) is 16.3. The van der Waals surface area contributed by atoms with Gasteiger partial charge in [-0.15, -0.1) is 0 Å². The standard InChI is InChI=1S/C21H27FN2O4/c1-27-18-7-9-23-17(20(18)28-2)12-24-10-8-19(26)21(13-24,14-25)11-15-3-5-16(22)6-4-15/h3-7,9,19,25-26H,8,10-14H2,1-2H3/t19-,21-/m0/s1. The molecule has 28 heavy (non-hydrogen) atoms. The number of aliphatic hydroxyl groups excluding tert-OH is 2. The maximum atomic E-state index is 13.2. The maximum Gasteiger partial charge on any atom is 0.183 e. The van der Waals surface area contributed by atoms with Gasteiger partial charge in [-0.1, -0.05) is 12.1 Å². The van der Waals surface area contributed by atoms with Crippen LogP contribution in [0.5, 0.6) is 11.5 Å². The largest absolute Gasteiger partial charge is 0.493 e. The number of pyridine rings is 1. The molecule has 0 amide bonds. The number of benzene rings is 1. The first-order valence-corrected chi connectivity index (χ1v) is 9.33. The number of rotatable bonds is 7. The van der Waals surface area contributed by atoms with E-state index in [4.69, 9.17) is 9.47 Å². The van der Waals surface area contributed by atoms with Crippen LogP contribution < -0.4 is 9.47 Å². The van der Waals surface area contributed by atoms with Crippen molar-refractivity contribution in [3.63, 3.8) is 0 Å². The van der Waals surface area contributed by atoms with Gasteiger partial charge < -0.3 is 19.7 Å². The zero-order chi connectivity index (χ0) is 20.1. The van der Waals surface area contributed by atoms with Gasteiger partial charge in [0.1, 0.15) is 11.5 Å². The number of nitrogens with zero attached hydrogens (tertiary/aromatic N) is 2. The molecule has 0 bridgehead atoms. The number of aliphatic hydroxyl groups is 2. The van der Waals surface area contributed by atoms with Gasteiger partial charge in [-0.3, -0.25) is 9.88 Å². The van der Waals surface area contributed by atoms with E-state index in [2.05, 4.69) is 9.88 Å². The molecule has 6 nitrogen and oxygen atoms in total. The van der Waals surface area contributed by atoms with Crippen LogP contribution in [0.2, 0.25) is 0 Å². The molecule has 3 rings (SSSR count). The summed E-state index contributed by atoms with van der Waals surface area (Å²) >= 11 is 0. The first-order valence-electron chi connectivity index (χ1n) is 9.33. The highest BCUT2D eigenvalue weighted by molar-refractivity contribution is 5.42. The van der Waals surface area contributed by atoms with E-state index in [1.54, 1.807) is 38.6 Å². The van der Waals surface area contributed by atoms with Crippen molar-refractivity contribution in [3.05, 3.63) is 53.6 Å². The van der Waals surface area contributed by atoms with Crippen LogP contribution in [0.4, 0.5) is 4.39 Å². The number of aromatic nitrogens is 1. The third kappa shape index (κ3) is 4.27. The van der Waals surface area contributed by atoms with Gasteiger partial charge in [0.2, 0.25) is 0 Å². The first-order chi connectivity index (χ1) is 13.5. The van der Waals surface area contributed by atoms with Gasteiger partial charge in [-0.05, 0) is 30.5 Å². The minimum Gasteiger partial charge on any atom is -0.493 e. The van der Waals surface area contributed by atoms with E-state index in [0.29, 0.717) is 44.0 Å². The number of piperidine rings is 1. The highest BCUT2D eigenvalue weighted by Crippen LogP contribution is 2.36. The fraction of sp³-hybridized carbons (Fsp3) is 0.476. The molecule has 1 aliphatic heterocycles. The summed E-state index contributed by atoms with van der Waals surface area (Å²) in [6, 6.07) is 7.95. The lowest BCUT2D eigenvalue weighted by Crippen LogP contribution is -2.54. The molecule has 0 aliphatic carbocycles. The van der Waals surface area contributed by atoms with Crippen molar-refractivity contribution >= 4 is 0 Å². The lowest BCUT2D eigenvalue weighted by molar-refractivity contribution is -0.0771. The SMILES string of the molecule is COc1ccnc(CN2CC[C@H](O)[C@@](CO)(Cc3ccc(F)cc3)C2)c1OC. The van der Waals surface area contributed by atoms with Crippen molar-refractivity contribution in [2.75, 3.05) is 33.9 Å². The van der Waals surface area contributed by atoms with Crippen molar-refractivity contribution in [1.82, 2.24) is 9.88 Å². The fourth-order valence-electron chi connectivity index (χ4n) is 3.94. The minimum absolute atomic E-state index is 0.162. The van der Waals surface area contributed by atoms with Gasteiger partial charge in [0.05, 0.1) is 26.9 Å². The molecule has 0 spiro atoms. The Morgan fingerprint density at radius 2 is 1.96 bits per heavy atom. The van der Waals surface area contributed by atoms with Gasteiger partial charge in [0, 0.05) is 37.3 Å². The van der Waals surface area contributed by atoms with Crippen LogP contribution in [0.1, 0.15) is 17.7 Å². The number of hydrogen-bond acceptors (Lipinski definition) is 6. The molecule has 1 fully saturated rings. The summed E-state index contributed by atoms with van der Waals surface area (Å²) in [7, 11) is 3.16. The van der Waals surface area contributed by atoms with E-state index in [0.717, 1.165) is 11.3 Å². The molecule has 2 atom stereocenters. The predicted molar refractivity (Wildman–Crippen MR) is 103 cm³/mol. The number of halogens is 1. The van der Waals surface area contributed by atoms with Crippen LogP contribution in [0.15, 0.2) is 36.5 Å². The number of ether oxygens (including phenoxy) is 2. The van der Waals surface area contributed by atoms with E-state index in [1.165, 1.54) is 12.1 Å². The third-order valence-electron chi connectivity index (χ3n) is 5.49. The Morgan fingerprint density at radius 3 is 2.61 bits per heavy atom. The molecule has 0 unspecified atom stereocenters. The molecule has 1 aromatic carbocycles. The molecule has 0 saturated carbocycles. The predicted octanol–water partition coefficient (Wildman–Crippen LogP) is 2.03. The summed E-state index contributed by atoms with van der Waals surface area (Å²) in [4.78, 5) is 6.57. The monoisotopic (exact) mass is 390 g/mol. The number of likely N-dealkylation sites (tertiary alicyclic amines) is 1. The van der Waals surface area contributed by atoms with E-state index in [1.807, 2.05) is 0 Å². The summed E-state index contributed by atoms with van der Waals surface area (Å²) in [5.41, 5.74) is 0.905. The molecule has 0 radical (unpaired) electrons. The Balaban J connectivity index is 1.80. The second-order valence-corrected chi connectivity index (χ2v) is 7.33. The summed E-state index contributed by atoms with van der Waals surface area (Å²) in [6.07, 6.45) is 2.03. The van der Waals surface area contributed by atoms with E-state index in [9.17, 15) is 14.6 Å². The molecule has 7 heteroatoms. The minimum atomic E-state index is -0.720. The lowest BCUT2D eigenvalue weighted by atomic mass is 9.73. The van der Waals surface area contributed by atoms with Crippen molar-refractivity contribution in [2.45, 2.75) is 25.5 Å². The second kappa shape index (κ2) is 8.86. The Labute approximate surface area is 164 Å². The zero-order valence-corrected chi connectivity index (χ0v) is 16.3. The fourth-order valence-corrected chi connectivity index (χ4v) is 3.94. The van der Waals surface area contributed by atoms with Gasteiger partial charge in [0.25, 0.3) is 0 Å². The molecule has 1 saturated heterocycles. The molecular weight excluding hydrogens is 363 g/mol. The Hall–Kier alpha value is -2.22. The average Bonchev–Trinajstić information content (AvgIpc) is 2.72. The van der Waals surface area contributed by atoms with Gasteiger partial charge in [0.15, 0.2) is 11.5 Å². The molecular formula is C21H27FN2O4. The Bertz CT molecular complexity index is 786. The van der Waals surface area contributed by atoms with Crippen molar-refractivity contribution in [1.29, 1.82) is 0 Å². The van der Waals surface area contributed by atoms with Crippen LogP contribution >= 0.6 is 0 Å². The molecule has 2 heterocycles. The molecule has 152 valence electrons. The normalized spacial score (nSPS) is 22.8. The summed E-state index contributed by atoms with van der Waals surface area (Å²) in [5.74, 6) is 0.900. The number of methoxy groups -OCH3 is 2. The number of hydrogen-bond donors (Lipinski definition) is 2. The Morgan fingerprint density at radius 1 is 1.21 bits per heavy atom. The maximum absolute atomic E-state index is 13.2. The van der Waals surface area contributed by atoms with Crippen LogP contribution in [0.25, 0.3) is 0 Å². The van der Waals surface area contributed by atoms with Crippen molar-refractivity contribution in [3.8, 4) is 11.5 Å². The topological polar surface area (TPSA) is 75.1 Å². The van der Waals surface area contributed by atoms with Crippen LogP contribution in [-0.4, -0.2) is 60.1 Å². The van der Waals surface area contributed by atoms with E-state index in [-0.39, 0.29) is 12.4 Å². The van der Waals surface area contributed by atoms with E-state index < -0.39 is 11.5 Å². The van der Waals surface area contributed by atoms with Crippen LogP contribution in [0, 0.1) is 11.2 Å². The van der Waals surface area contributed by atoms with Crippen LogP contribution in [0.3, 0.4) is 0 Å². The van der Waals surface area contributed by atoms with Crippen molar-refractivity contribution < 1.29 is 24.1 Å². The Kier molecular flexibility index (Phi) is 6.49. The van der Waals surface area contributed by atoms with Crippen molar-refractivity contribution in [2.24, 2.45) is 5.41 Å². The quantitative estimate of drug-likeness (QED) is 0.754. The van der Waals surface area contributed by atoms with Gasteiger partial charge in [-0.25, -0.2) is 4.39 Å². The lowest BCUT2D eigenvalue weighted by Gasteiger charge is -2.45. The molecule has 1 aliphatic rings. The third-order valence-corrected chi connectivity index (χ3v) is 5.49. The summed E-state index contributed by atoms with van der Waals surface area (Å²) in [6.45, 7) is 1.52. The smallest absolute Gasteiger partial charge is 0.183 e. The van der Waals surface area contributed by atoms with Gasteiger partial charge in [-0.2, -0.15) is 0 Å². The molecule has 1 aromatic heterocycles. The molecule has 2 N–H and O–H groups in total.